The summed E-state index contributed by atoms with van der Waals surface area (Å²) in [5.74, 6) is -0.130. The zero-order chi connectivity index (χ0) is 11.6. The largest absolute Gasteiger partial charge is 0.410 e. The van der Waals surface area contributed by atoms with Crippen LogP contribution < -0.4 is 0 Å². The molecule has 0 aromatic heterocycles. The van der Waals surface area contributed by atoms with Crippen molar-refractivity contribution in [3.05, 3.63) is 0 Å². The molecule has 0 aliphatic rings. The molecule has 1 atom stereocenters. The number of Topliss-reactive ketones (excluding diaryl/α,β-unsaturated/α-hetero) is 1. The van der Waals surface area contributed by atoms with Crippen LogP contribution in [0.3, 0.4) is 0 Å². The van der Waals surface area contributed by atoms with Crippen LogP contribution in [0.2, 0.25) is 18.1 Å². The highest BCUT2D eigenvalue weighted by molar-refractivity contribution is 6.74. The molecular formula is C10H22O2Si. The first-order valence-electron chi connectivity index (χ1n) is 5.24. The van der Waals surface area contributed by atoms with Gasteiger partial charge in [-0.3, -0.25) is 4.79 Å². The van der Waals surface area contributed by atoms with Crippen LogP contribution in [0.4, 0.5) is 0 Å². The van der Waals surface area contributed by atoms with E-state index < -0.39 is 14.7 Å². The summed E-state index contributed by atoms with van der Waals surface area (Å²) in [5, 5.41) is 0.124. The van der Waals surface area contributed by atoms with Gasteiger partial charge in [-0.15, -0.1) is 0 Å². The normalized spacial score (nSPS) is 16.6. The Labute approximate surface area is 84.2 Å². The topological polar surface area (TPSA) is 26.3 Å². The van der Waals surface area contributed by atoms with Crippen molar-refractivity contribution in [2.75, 3.05) is 6.61 Å². The number of ketones is 1. The molecule has 0 aromatic rings. The molecule has 0 heterocycles. The van der Waals surface area contributed by atoms with Gasteiger partial charge in [0, 0.05) is 7.77 Å². The molecule has 0 amide bonds. The minimum atomic E-state index is -1.82. The fraction of sp³-hybridized carbons (Fsp3) is 0.900. The van der Waals surface area contributed by atoms with Crippen molar-refractivity contribution in [3.63, 3.8) is 0 Å². The molecule has 78 valence electrons. The Hall–Kier alpha value is -0.153. The maximum absolute atomic E-state index is 11.2. The van der Waals surface area contributed by atoms with Crippen LogP contribution in [0.15, 0.2) is 0 Å². The van der Waals surface area contributed by atoms with Crippen LogP contribution in [-0.4, -0.2) is 20.7 Å². The highest BCUT2D eigenvalue weighted by atomic mass is 28.4. The van der Waals surface area contributed by atoms with Gasteiger partial charge in [0.25, 0.3) is 0 Å². The average Bonchev–Trinajstić information content (AvgIpc) is 1.97. The third-order valence-electron chi connectivity index (χ3n) is 2.70. The lowest BCUT2D eigenvalue weighted by molar-refractivity contribution is -0.121. The Kier molecular flexibility index (Phi) is 3.68. The molecule has 0 aliphatic carbocycles. The van der Waals surface area contributed by atoms with Crippen molar-refractivity contribution in [1.29, 1.82) is 0 Å². The smallest absolute Gasteiger partial charge is 0.192 e. The minimum Gasteiger partial charge on any atom is -0.410 e. The van der Waals surface area contributed by atoms with Gasteiger partial charge in [0.1, 0.15) is 0 Å². The highest BCUT2D eigenvalue weighted by Gasteiger charge is 2.37. The van der Waals surface area contributed by atoms with E-state index in [-0.39, 0.29) is 17.4 Å². The van der Waals surface area contributed by atoms with Gasteiger partial charge in [0.05, 0.1) is 6.61 Å². The quantitative estimate of drug-likeness (QED) is 0.657. The highest BCUT2D eigenvalue weighted by Crippen LogP contribution is 2.36. The Morgan fingerprint density at radius 1 is 1.46 bits per heavy atom. The van der Waals surface area contributed by atoms with Gasteiger partial charge >= 0.3 is 0 Å². The Bertz CT molecular complexity index is 207. The van der Waals surface area contributed by atoms with Crippen LogP contribution in [-0.2, 0) is 9.22 Å². The van der Waals surface area contributed by atoms with Crippen molar-refractivity contribution in [3.8, 4) is 0 Å². The van der Waals surface area contributed by atoms with Gasteiger partial charge in [-0.1, -0.05) is 27.7 Å². The number of carbonyl (C=O) groups is 1. The lowest BCUT2D eigenvalue weighted by Crippen LogP contribution is -2.42. The number of rotatable bonds is 4. The Morgan fingerprint density at radius 2 is 1.92 bits per heavy atom. The second-order valence-electron chi connectivity index (χ2n) is 4.80. The Balaban J connectivity index is 4.20. The van der Waals surface area contributed by atoms with Gasteiger partial charge in [0.2, 0.25) is 0 Å². The fourth-order valence-electron chi connectivity index (χ4n) is 0.551. The maximum Gasteiger partial charge on any atom is 0.192 e. The molecule has 0 fully saturated rings. The first kappa shape index (κ1) is 10.9. The molecule has 2 nitrogen and oxygen atoms in total. The van der Waals surface area contributed by atoms with Crippen molar-refractivity contribution in [2.45, 2.75) is 52.2 Å². The number of hydrogen-bond acceptors (Lipinski definition) is 2. The van der Waals surface area contributed by atoms with E-state index in [1.807, 2.05) is 0 Å². The average molecular weight is 203 g/mol. The van der Waals surface area contributed by atoms with Gasteiger partial charge in [-0.05, 0) is 18.1 Å². The van der Waals surface area contributed by atoms with Gasteiger partial charge < -0.3 is 4.43 Å². The van der Waals surface area contributed by atoms with Gasteiger partial charge in [0.15, 0.2) is 14.1 Å². The summed E-state index contributed by atoms with van der Waals surface area (Å²) >= 11 is 0. The summed E-state index contributed by atoms with van der Waals surface area (Å²) in [6.45, 7) is 12.3. The van der Waals surface area contributed by atoms with Crippen molar-refractivity contribution < 1.29 is 10.6 Å². The summed E-state index contributed by atoms with van der Waals surface area (Å²) in [6, 6.07) is 0. The molecule has 0 N–H and O–H groups in total. The predicted molar refractivity (Wildman–Crippen MR) is 58.4 cm³/mol. The monoisotopic (exact) mass is 203 g/mol. The van der Waals surface area contributed by atoms with E-state index in [2.05, 4.69) is 33.9 Å². The van der Waals surface area contributed by atoms with Crippen LogP contribution in [0.25, 0.3) is 0 Å². The van der Waals surface area contributed by atoms with Crippen LogP contribution in [0, 0.1) is 0 Å². The molecule has 3 heteroatoms. The molecular weight excluding hydrogens is 180 g/mol. The van der Waals surface area contributed by atoms with Crippen molar-refractivity contribution in [2.24, 2.45) is 0 Å². The molecule has 0 unspecified atom stereocenters. The maximum atomic E-state index is 11.2. The van der Waals surface area contributed by atoms with E-state index in [0.29, 0.717) is 0 Å². The minimum absolute atomic E-state index is 0.0984. The van der Waals surface area contributed by atoms with E-state index in [9.17, 15) is 4.79 Å². The SMILES string of the molecule is [2H][C@@H](C)C(=O)CO[Si](C)(C)C(C)(C)C. The first-order chi connectivity index (χ1) is 6.08. The Morgan fingerprint density at radius 3 is 2.23 bits per heavy atom. The number of carbonyl (C=O) groups excluding carboxylic acids is 1. The summed E-state index contributed by atoms with van der Waals surface area (Å²) < 4.78 is 12.9. The van der Waals surface area contributed by atoms with Gasteiger partial charge in [-0.2, -0.15) is 0 Å². The van der Waals surface area contributed by atoms with E-state index in [1.165, 1.54) is 0 Å². The molecule has 13 heavy (non-hydrogen) atoms. The summed E-state index contributed by atoms with van der Waals surface area (Å²) in [7, 11) is -1.82. The van der Waals surface area contributed by atoms with Crippen LogP contribution in [0.5, 0.6) is 0 Å². The van der Waals surface area contributed by atoms with Crippen molar-refractivity contribution in [1.82, 2.24) is 0 Å². The second kappa shape index (κ2) is 4.38. The zero-order valence-corrected chi connectivity index (χ0v) is 10.6. The number of hydrogen-bond donors (Lipinski definition) is 0. The molecule has 0 bridgehead atoms. The molecule has 0 spiro atoms. The van der Waals surface area contributed by atoms with E-state index >= 15 is 0 Å². The summed E-state index contributed by atoms with van der Waals surface area (Å²) in [4.78, 5) is 11.2. The van der Waals surface area contributed by atoms with Gasteiger partial charge in [-0.25, -0.2) is 0 Å². The summed E-state index contributed by atoms with van der Waals surface area (Å²) in [5.41, 5.74) is 0. The van der Waals surface area contributed by atoms with Crippen LogP contribution >= 0.6 is 0 Å². The first-order valence-corrected chi connectivity index (χ1v) is 7.57. The molecule has 0 saturated heterocycles. The molecule has 0 rings (SSSR count). The van der Waals surface area contributed by atoms with E-state index in [4.69, 9.17) is 5.80 Å². The van der Waals surface area contributed by atoms with E-state index in [1.54, 1.807) is 6.92 Å². The molecule has 0 aliphatic heterocycles. The standard InChI is InChI=1S/C10H22O2Si/c1-7-9(11)8-12-13(5,6)10(2,3)4/h7-8H2,1-6H3/i7D/t7-/m0/s1. The van der Waals surface area contributed by atoms with E-state index in [0.717, 1.165) is 0 Å². The molecule has 0 saturated carbocycles. The lowest BCUT2D eigenvalue weighted by Gasteiger charge is -2.35. The lowest BCUT2D eigenvalue weighted by atomic mass is 10.2. The van der Waals surface area contributed by atoms with Crippen molar-refractivity contribution >= 4 is 14.1 Å². The predicted octanol–water partition coefficient (Wildman–Crippen LogP) is 2.99. The third kappa shape index (κ3) is 4.05. The fourth-order valence-corrected chi connectivity index (χ4v) is 1.49. The molecule has 0 radical (unpaired) electrons. The zero-order valence-electron chi connectivity index (χ0n) is 10.6. The second-order valence-corrected chi connectivity index (χ2v) is 9.61. The third-order valence-corrected chi connectivity index (χ3v) is 7.18. The molecule has 0 aromatic carbocycles. The van der Waals surface area contributed by atoms with Crippen LogP contribution in [0.1, 0.15) is 35.5 Å². The summed E-state index contributed by atoms with van der Waals surface area (Å²) in [6.07, 6.45) is -0.667.